The Morgan fingerprint density at radius 2 is 1.62 bits per heavy atom. The number of carbonyl (C=O) groups is 1. The van der Waals surface area contributed by atoms with E-state index in [4.69, 9.17) is 0 Å². The number of carbonyl (C=O) groups excluding carboxylic acids is 1. The zero-order valence-corrected chi connectivity index (χ0v) is 16.1. The third-order valence-corrected chi connectivity index (χ3v) is 6.87. The van der Waals surface area contributed by atoms with E-state index >= 15 is 0 Å². The van der Waals surface area contributed by atoms with Gasteiger partial charge in [0.2, 0.25) is 0 Å². The molecule has 0 radical (unpaired) electrons. The van der Waals surface area contributed by atoms with Crippen molar-refractivity contribution in [3.8, 4) is 0 Å². The minimum absolute atomic E-state index is 0.0801. The van der Waals surface area contributed by atoms with Crippen LogP contribution < -0.4 is 4.31 Å². The molecule has 1 heterocycles. The van der Waals surface area contributed by atoms with Gasteiger partial charge in [-0.1, -0.05) is 33.6 Å². The Bertz CT molecular complexity index is 920. The van der Waals surface area contributed by atoms with Gasteiger partial charge in [0.15, 0.2) is 5.78 Å². The molecule has 24 heavy (non-hydrogen) atoms. The molecule has 1 atom stereocenters. The van der Waals surface area contributed by atoms with Crippen molar-refractivity contribution < 1.29 is 13.2 Å². The predicted octanol–water partition coefficient (Wildman–Crippen LogP) is 3.77. The number of ketones is 1. The maximum atomic E-state index is 13.1. The molecule has 6 heteroatoms. The number of aryl methyl sites for hydroxylation is 3. The lowest BCUT2D eigenvalue weighted by Gasteiger charge is -2.33. The third kappa shape index (κ3) is 2.78. The van der Waals surface area contributed by atoms with Crippen LogP contribution in [-0.2, 0) is 10.0 Å². The van der Waals surface area contributed by atoms with Gasteiger partial charge in [-0.05, 0) is 56.2 Å². The number of alkyl halides is 1. The van der Waals surface area contributed by atoms with Crippen molar-refractivity contribution in [3.63, 3.8) is 0 Å². The van der Waals surface area contributed by atoms with Crippen LogP contribution in [-0.4, -0.2) is 25.6 Å². The monoisotopic (exact) mass is 407 g/mol. The molecular weight excluding hydrogens is 390 g/mol. The van der Waals surface area contributed by atoms with Crippen molar-refractivity contribution in [2.75, 3.05) is 10.8 Å². The fourth-order valence-electron chi connectivity index (χ4n) is 2.77. The van der Waals surface area contributed by atoms with E-state index in [1.165, 1.54) is 4.31 Å². The van der Waals surface area contributed by atoms with Crippen LogP contribution in [0.4, 0.5) is 5.69 Å². The first-order valence-electron chi connectivity index (χ1n) is 7.61. The summed E-state index contributed by atoms with van der Waals surface area (Å²) in [6.45, 7) is 5.83. The van der Waals surface area contributed by atoms with Gasteiger partial charge in [0, 0.05) is 5.56 Å². The molecule has 0 amide bonds. The molecule has 0 aliphatic carbocycles. The number of rotatable bonds is 2. The second-order valence-corrected chi connectivity index (χ2v) is 9.10. The normalized spacial score (nSPS) is 17.8. The number of sulfonamides is 1. The number of nitrogens with zero attached hydrogens (tertiary/aromatic N) is 1. The number of hydrogen-bond acceptors (Lipinski definition) is 3. The Morgan fingerprint density at radius 3 is 2.25 bits per heavy atom. The van der Waals surface area contributed by atoms with Crippen molar-refractivity contribution in [3.05, 3.63) is 58.7 Å². The van der Waals surface area contributed by atoms with Crippen LogP contribution in [0.25, 0.3) is 0 Å². The van der Waals surface area contributed by atoms with Crippen LogP contribution >= 0.6 is 15.9 Å². The van der Waals surface area contributed by atoms with Crippen LogP contribution in [0.1, 0.15) is 27.0 Å². The molecule has 0 saturated heterocycles. The maximum absolute atomic E-state index is 13.1. The summed E-state index contributed by atoms with van der Waals surface area (Å²) in [7, 11) is -3.73. The average molecular weight is 408 g/mol. The second-order valence-electron chi connectivity index (χ2n) is 6.13. The Balaban J connectivity index is 2.19. The first kappa shape index (κ1) is 17.2. The number of hydrogen-bond donors (Lipinski definition) is 0. The SMILES string of the molecule is Cc1ccc(S(=O)(=O)N2CC(Br)C(=O)c3cc(C)c(C)cc32)cc1. The van der Waals surface area contributed by atoms with Gasteiger partial charge in [0.1, 0.15) is 0 Å². The Hall–Kier alpha value is -1.66. The van der Waals surface area contributed by atoms with Gasteiger partial charge < -0.3 is 0 Å². The number of benzene rings is 2. The molecule has 0 fully saturated rings. The van der Waals surface area contributed by atoms with Crippen LogP contribution in [0, 0.1) is 20.8 Å². The first-order chi connectivity index (χ1) is 11.2. The van der Waals surface area contributed by atoms with E-state index in [1.807, 2.05) is 20.8 Å². The predicted molar refractivity (Wildman–Crippen MR) is 98.7 cm³/mol. The Kier molecular flexibility index (Phi) is 4.30. The van der Waals surface area contributed by atoms with Gasteiger partial charge in [0.05, 0.1) is 22.0 Å². The molecule has 1 unspecified atom stereocenters. The summed E-state index contributed by atoms with van der Waals surface area (Å²) < 4.78 is 27.5. The minimum atomic E-state index is -3.73. The number of halogens is 1. The van der Waals surface area contributed by atoms with Crippen molar-refractivity contribution in [2.24, 2.45) is 0 Å². The summed E-state index contributed by atoms with van der Waals surface area (Å²) in [4.78, 5) is 12.1. The van der Waals surface area contributed by atoms with E-state index in [2.05, 4.69) is 15.9 Å². The molecule has 4 nitrogen and oxygen atoms in total. The molecule has 2 aromatic rings. The molecule has 0 saturated carbocycles. The second kappa shape index (κ2) is 6.01. The van der Waals surface area contributed by atoms with Crippen LogP contribution in [0.5, 0.6) is 0 Å². The highest BCUT2D eigenvalue weighted by Crippen LogP contribution is 2.35. The fourth-order valence-corrected chi connectivity index (χ4v) is 4.98. The third-order valence-electron chi connectivity index (χ3n) is 4.37. The highest BCUT2D eigenvalue weighted by Gasteiger charge is 2.37. The lowest BCUT2D eigenvalue weighted by Crippen LogP contribution is -2.43. The van der Waals surface area contributed by atoms with Crippen LogP contribution in [0.15, 0.2) is 41.3 Å². The van der Waals surface area contributed by atoms with Crippen molar-refractivity contribution in [1.82, 2.24) is 0 Å². The summed E-state index contributed by atoms with van der Waals surface area (Å²) in [6, 6.07) is 10.3. The molecule has 126 valence electrons. The highest BCUT2D eigenvalue weighted by molar-refractivity contribution is 9.10. The molecule has 0 N–H and O–H groups in total. The smallest absolute Gasteiger partial charge is 0.264 e. The molecule has 1 aliphatic rings. The number of Topliss-reactive ketones (excluding diaryl/α,β-unsaturated/α-hetero) is 1. The molecule has 3 rings (SSSR count). The summed E-state index contributed by atoms with van der Waals surface area (Å²) in [6.07, 6.45) is 0. The maximum Gasteiger partial charge on any atom is 0.264 e. The first-order valence-corrected chi connectivity index (χ1v) is 9.96. The zero-order valence-electron chi connectivity index (χ0n) is 13.7. The summed E-state index contributed by atoms with van der Waals surface area (Å²) in [5.74, 6) is -0.0801. The summed E-state index contributed by atoms with van der Waals surface area (Å²) in [5.41, 5.74) is 3.82. The average Bonchev–Trinajstić information content (AvgIpc) is 2.53. The van der Waals surface area contributed by atoms with Gasteiger partial charge in [-0.2, -0.15) is 0 Å². The standard InChI is InChI=1S/C18H18BrNO3S/c1-11-4-6-14(7-5-11)24(22,23)20-10-16(19)18(21)15-8-12(2)13(3)9-17(15)20/h4-9,16H,10H2,1-3H3. The number of fused-ring (bicyclic) bond motifs is 1. The van der Waals surface area contributed by atoms with Crippen molar-refractivity contribution in [2.45, 2.75) is 30.5 Å². The molecular formula is C18H18BrNO3S. The van der Waals surface area contributed by atoms with Crippen molar-refractivity contribution in [1.29, 1.82) is 0 Å². The van der Waals surface area contributed by atoms with Gasteiger partial charge in [0.25, 0.3) is 10.0 Å². The number of anilines is 1. The summed E-state index contributed by atoms with van der Waals surface area (Å²) >= 11 is 3.33. The van der Waals surface area contributed by atoms with Gasteiger partial charge in [-0.3, -0.25) is 9.10 Å². The van der Waals surface area contributed by atoms with Crippen LogP contribution in [0.3, 0.4) is 0 Å². The lowest BCUT2D eigenvalue weighted by molar-refractivity contribution is 0.0990. The van der Waals surface area contributed by atoms with Gasteiger partial charge in [-0.15, -0.1) is 0 Å². The molecule has 2 aromatic carbocycles. The van der Waals surface area contributed by atoms with E-state index < -0.39 is 14.9 Å². The van der Waals surface area contributed by atoms with E-state index in [-0.39, 0.29) is 17.2 Å². The molecule has 0 spiro atoms. The summed E-state index contributed by atoms with van der Waals surface area (Å²) in [5, 5.41) is 0. The van der Waals surface area contributed by atoms with E-state index in [1.54, 1.807) is 36.4 Å². The molecule has 0 aromatic heterocycles. The lowest BCUT2D eigenvalue weighted by atomic mass is 9.97. The molecule has 0 bridgehead atoms. The van der Waals surface area contributed by atoms with E-state index in [0.717, 1.165) is 16.7 Å². The largest absolute Gasteiger partial charge is 0.293 e. The van der Waals surface area contributed by atoms with E-state index in [0.29, 0.717) is 11.3 Å². The Labute approximate surface area is 150 Å². The molecule has 1 aliphatic heterocycles. The zero-order chi connectivity index (χ0) is 17.6. The van der Waals surface area contributed by atoms with Crippen molar-refractivity contribution >= 4 is 37.4 Å². The topological polar surface area (TPSA) is 54.5 Å². The van der Waals surface area contributed by atoms with Crippen LogP contribution in [0.2, 0.25) is 0 Å². The van der Waals surface area contributed by atoms with E-state index in [9.17, 15) is 13.2 Å². The highest BCUT2D eigenvalue weighted by atomic mass is 79.9. The fraction of sp³-hybridized carbons (Fsp3) is 0.278. The minimum Gasteiger partial charge on any atom is -0.293 e. The van der Waals surface area contributed by atoms with Gasteiger partial charge >= 0.3 is 0 Å². The van der Waals surface area contributed by atoms with Gasteiger partial charge in [-0.25, -0.2) is 8.42 Å². The quantitative estimate of drug-likeness (QED) is 0.711. The Morgan fingerprint density at radius 1 is 1.04 bits per heavy atom.